The molecule has 0 spiro atoms. The number of nitrogens with one attached hydrogen (secondary N) is 1. The summed E-state index contributed by atoms with van der Waals surface area (Å²) in [6.45, 7) is 0.953. The first-order valence-corrected chi connectivity index (χ1v) is 8.06. The Morgan fingerprint density at radius 2 is 2.06 bits per heavy atom. The zero-order valence-electron chi connectivity index (χ0n) is 10.3. The number of halogens is 1. The first-order valence-electron chi connectivity index (χ1n) is 6.39. The minimum atomic E-state index is 0.834. The molecular weight excluding hydrogens is 294 g/mol. The van der Waals surface area contributed by atoms with Crippen molar-refractivity contribution in [2.24, 2.45) is 0 Å². The largest absolute Gasteiger partial charge is 0.316 e. The predicted octanol–water partition coefficient (Wildman–Crippen LogP) is 4.59. The topological polar surface area (TPSA) is 12.0 Å². The fraction of sp³-hybridized carbons (Fsp3) is 0.571. The van der Waals surface area contributed by atoms with Gasteiger partial charge in [-0.1, -0.05) is 35.2 Å². The highest BCUT2D eigenvalue weighted by molar-refractivity contribution is 9.10. The van der Waals surface area contributed by atoms with Crippen LogP contribution in [0.5, 0.6) is 0 Å². The molecule has 0 heterocycles. The van der Waals surface area contributed by atoms with Crippen molar-refractivity contribution in [2.45, 2.75) is 48.8 Å². The second-order valence-electron chi connectivity index (χ2n) is 4.66. The van der Waals surface area contributed by atoms with E-state index >= 15 is 0 Å². The van der Waals surface area contributed by atoms with Gasteiger partial charge in [-0.15, -0.1) is 11.8 Å². The van der Waals surface area contributed by atoms with Crippen LogP contribution in [0.4, 0.5) is 0 Å². The fourth-order valence-corrected chi connectivity index (χ4v) is 4.12. The summed E-state index contributed by atoms with van der Waals surface area (Å²) < 4.78 is 1.18. The molecule has 0 aromatic heterocycles. The van der Waals surface area contributed by atoms with E-state index in [2.05, 4.69) is 51.2 Å². The lowest BCUT2D eigenvalue weighted by molar-refractivity contribution is 0.516. The van der Waals surface area contributed by atoms with Gasteiger partial charge in [-0.3, -0.25) is 0 Å². The van der Waals surface area contributed by atoms with Gasteiger partial charge in [0.05, 0.1) is 0 Å². The van der Waals surface area contributed by atoms with Crippen molar-refractivity contribution in [1.82, 2.24) is 5.32 Å². The zero-order chi connectivity index (χ0) is 12.1. The van der Waals surface area contributed by atoms with Gasteiger partial charge in [-0.25, -0.2) is 0 Å². The molecule has 1 aromatic rings. The summed E-state index contributed by atoms with van der Waals surface area (Å²) in [5.74, 6) is 0. The van der Waals surface area contributed by atoms with E-state index in [0.717, 1.165) is 11.8 Å². The van der Waals surface area contributed by atoms with E-state index < -0.39 is 0 Å². The summed E-state index contributed by atoms with van der Waals surface area (Å²) in [6.07, 6.45) is 7.03. The molecule has 2 rings (SSSR count). The highest BCUT2D eigenvalue weighted by atomic mass is 79.9. The molecule has 17 heavy (non-hydrogen) atoms. The molecule has 1 aromatic carbocycles. The highest BCUT2D eigenvalue weighted by Crippen LogP contribution is 2.36. The molecule has 0 unspecified atom stereocenters. The van der Waals surface area contributed by atoms with E-state index in [4.69, 9.17) is 0 Å². The van der Waals surface area contributed by atoms with Crippen molar-refractivity contribution in [3.8, 4) is 0 Å². The Labute approximate surface area is 117 Å². The van der Waals surface area contributed by atoms with E-state index in [1.54, 1.807) is 0 Å². The van der Waals surface area contributed by atoms with Crippen LogP contribution < -0.4 is 5.32 Å². The summed E-state index contributed by atoms with van der Waals surface area (Å²) in [7, 11) is 2.01. The van der Waals surface area contributed by atoms with Gasteiger partial charge >= 0.3 is 0 Å². The third kappa shape index (κ3) is 4.01. The van der Waals surface area contributed by atoms with Crippen LogP contribution in [-0.4, -0.2) is 12.3 Å². The highest BCUT2D eigenvalue weighted by Gasteiger charge is 2.16. The van der Waals surface area contributed by atoms with Crippen molar-refractivity contribution in [3.05, 3.63) is 28.2 Å². The van der Waals surface area contributed by atoms with Crippen LogP contribution in [0.1, 0.15) is 37.7 Å². The Morgan fingerprint density at radius 1 is 1.29 bits per heavy atom. The van der Waals surface area contributed by atoms with E-state index in [9.17, 15) is 0 Å². The van der Waals surface area contributed by atoms with Crippen LogP contribution in [-0.2, 0) is 6.54 Å². The van der Waals surface area contributed by atoms with Crippen LogP contribution in [0.15, 0.2) is 27.6 Å². The number of hydrogen-bond donors (Lipinski definition) is 1. The van der Waals surface area contributed by atoms with E-state index in [-0.39, 0.29) is 0 Å². The van der Waals surface area contributed by atoms with Crippen molar-refractivity contribution in [2.75, 3.05) is 7.05 Å². The quantitative estimate of drug-likeness (QED) is 0.872. The first-order chi connectivity index (χ1) is 8.29. The monoisotopic (exact) mass is 313 g/mol. The number of rotatable bonds is 4. The smallest absolute Gasteiger partial charge is 0.0214 e. The average Bonchev–Trinajstić information content (AvgIpc) is 2.34. The van der Waals surface area contributed by atoms with E-state index in [1.807, 2.05) is 7.05 Å². The molecule has 1 nitrogen and oxygen atoms in total. The molecule has 0 saturated heterocycles. The second-order valence-corrected chi connectivity index (χ2v) is 6.92. The predicted molar refractivity (Wildman–Crippen MR) is 79.6 cm³/mol. The minimum absolute atomic E-state index is 0.834. The average molecular weight is 314 g/mol. The third-order valence-electron chi connectivity index (χ3n) is 3.24. The number of hydrogen-bond acceptors (Lipinski definition) is 2. The van der Waals surface area contributed by atoms with Gasteiger partial charge in [-0.05, 0) is 43.7 Å². The Kier molecular flexibility index (Phi) is 5.39. The molecule has 3 heteroatoms. The summed E-state index contributed by atoms with van der Waals surface area (Å²) in [6, 6.07) is 6.65. The standard InChI is InChI=1S/C14H20BrNS/c1-16-10-11-9-12(15)7-8-14(11)17-13-5-3-2-4-6-13/h7-9,13,16H,2-6,10H2,1H3. The van der Waals surface area contributed by atoms with Gasteiger partial charge in [0.15, 0.2) is 0 Å². The van der Waals surface area contributed by atoms with E-state index in [0.29, 0.717) is 0 Å². The van der Waals surface area contributed by atoms with Crippen molar-refractivity contribution in [3.63, 3.8) is 0 Å². The van der Waals surface area contributed by atoms with Crippen LogP contribution in [0, 0.1) is 0 Å². The van der Waals surface area contributed by atoms with Crippen LogP contribution >= 0.6 is 27.7 Å². The molecule has 1 aliphatic rings. The normalized spacial score (nSPS) is 17.3. The summed E-state index contributed by atoms with van der Waals surface area (Å²) >= 11 is 5.63. The van der Waals surface area contributed by atoms with E-state index in [1.165, 1.54) is 47.0 Å². The summed E-state index contributed by atoms with van der Waals surface area (Å²) in [4.78, 5) is 1.45. The van der Waals surface area contributed by atoms with Gasteiger partial charge in [-0.2, -0.15) is 0 Å². The second kappa shape index (κ2) is 6.81. The lowest BCUT2D eigenvalue weighted by atomic mass is 10.0. The van der Waals surface area contributed by atoms with Crippen LogP contribution in [0.2, 0.25) is 0 Å². The molecular formula is C14H20BrNS. The molecule has 0 radical (unpaired) electrons. The summed E-state index contributed by atoms with van der Waals surface area (Å²) in [5, 5.41) is 4.09. The summed E-state index contributed by atoms with van der Waals surface area (Å²) in [5.41, 5.74) is 1.41. The molecule has 1 N–H and O–H groups in total. The molecule has 0 atom stereocenters. The maximum absolute atomic E-state index is 3.55. The first kappa shape index (κ1) is 13.4. The Balaban J connectivity index is 2.07. The molecule has 1 aliphatic carbocycles. The number of thioether (sulfide) groups is 1. The molecule has 1 fully saturated rings. The van der Waals surface area contributed by atoms with Crippen molar-refractivity contribution >= 4 is 27.7 Å². The van der Waals surface area contributed by atoms with Crippen molar-refractivity contribution < 1.29 is 0 Å². The molecule has 94 valence electrons. The van der Waals surface area contributed by atoms with Gasteiger partial charge in [0.2, 0.25) is 0 Å². The Morgan fingerprint density at radius 3 is 2.76 bits per heavy atom. The SMILES string of the molecule is CNCc1cc(Br)ccc1SC1CCCCC1. The molecule has 0 aliphatic heterocycles. The zero-order valence-corrected chi connectivity index (χ0v) is 12.7. The molecule has 1 saturated carbocycles. The van der Waals surface area contributed by atoms with Gasteiger partial charge in [0, 0.05) is 21.2 Å². The maximum atomic E-state index is 3.55. The van der Waals surface area contributed by atoms with Gasteiger partial charge < -0.3 is 5.32 Å². The molecule has 0 amide bonds. The van der Waals surface area contributed by atoms with Crippen molar-refractivity contribution in [1.29, 1.82) is 0 Å². The van der Waals surface area contributed by atoms with Gasteiger partial charge in [0.25, 0.3) is 0 Å². The lowest BCUT2D eigenvalue weighted by Crippen LogP contribution is -2.10. The lowest BCUT2D eigenvalue weighted by Gasteiger charge is -2.22. The third-order valence-corrected chi connectivity index (χ3v) is 5.19. The van der Waals surface area contributed by atoms with Crippen LogP contribution in [0.3, 0.4) is 0 Å². The van der Waals surface area contributed by atoms with Gasteiger partial charge in [0.1, 0.15) is 0 Å². The molecule has 0 bridgehead atoms. The Bertz CT molecular complexity index is 361. The van der Waals surface area contributed by atoms with Crippen LogP contribution in [0.25, 0.3) is 0 Å². The fourth-order valence-electron chi connectivity index (χ4n) is 2.35. The maximum Gasteiger partial charge on any atom is 0.0214 e. The Hall–Kier alpha value is 0.01000. The number of benzene rings is 1. The minimum Gasteiger partial charge on any atom is -0.316 e.